The van der Waals surface area contributed by atoms with Crippen molar-refractivity contribution in [3.8, 4) is 5.75 Å². The van der Waals surface area contributed by atoms with E-state index in [-0.39, 0.29) is 0 Å². The van der Waals surface area contributed by atoms with Crippen LogP contribution >= 0.6 is 49.9 Å². The monoisotopic (exact) mass is 368 g/mol. The third-order valence-electron chi connectivity index (χ3n) is 1.84. The summed E-state index contributed by atoms with van der Waals surface area (Å²) < 4.78 is 2.05. The fraction of sp³-hybridized carbons (Fsp3) is 0.111. The summed E-state index contributed by atoms with van der Waals surface area (Å²) in [5, 5.41) is 13.7. The van der Waals surface area contributed by atoms with E-state index in [1.54, 1.807) is 17.4 Å². The van der Waals surface area contributed by atoms with E-state index >= 15 is 0 Å². The average Bonchev–Trinajstić information content (AvgIpc) is 2.47. The zero-order chi connectivity index (χ0) is 9.42. The van der Waals surface area contributed by atoms with E-state index < -0.39 is 0 Å². The maximum Gasteiger partial charge on any atom is 0.134 e. The number of thiophene rings is 1. The molecule has 68 valence electrons. The Bertz CT molecular complexity index is 452. The molecule has 2 rings (SSSR count). The summed E-state index contributed by atoms with van der Waals surface area (Å²) in [5.41, 5.74) is 1.24. The third kappa shape index (κ3) is 1.71. The quantitative estimate of drug-likeness (QED) is 0.593. The molecule has 0 spiro atoms. The molecule has 0 fully saturated rings. The first-order valence-electron chi connectivity index (χ1n) is 3.67. The van der Waals surface area contributed by atoms with Crippen molar-refractivity contribution in [1.82, 2.24) is 0 Å². The lowest BCUT2D eigenvalue weighted by Crippen LogP contribution is -1.75. The van der Waals surface area contributed by atoms with Crippen LogP contribution in [0.15, 0.2) is 17.5 Å². The van der Waals surface area contributed by atoms with E-state index in [9.17, 15) is 5.11 Å². The van der Waals surface area contributed by atoms with Gasteiger partial charge >= 0.3 is 0 Å². The smallest absolute Gasteiger partial charge is 0.134 e. The molecule has 1 nitrogen and oxygen atoms in total. The van der Waals surface area contributed by atoms with Crippen LogP contribution in [0.1, 0.15) is 5.56 Å². The summed E-state index contributed by atoms with van der Waals surface area (Å²) >= 11 is 7.23. The van der Waals surface area contributed by atoms with Gasteiger partial charge in [0.1, 0.15) is 5.75 Å². The van der Waals surface area contributed by atoms with Gasteiger partial charge in [-0.05, 0) is 45.7 Å². The van der Waals surface area contributed by atoms with Crippen molar-refractivity contribution in [2.45, 2.75) is 5.33 Å². The minimum absolute atomic E-state index is 0.388. The Morgan fingerprint density at radius 3 is 2.92 bits per heavy atom. The Morgan fingerprint density at radius 1 is 1.46 bits per heavy atom. The highest BCUT2D eigenvalue weighted by Crippen LogP contribution is 2.35. The van der Waals surface area contributed by atoms with Gasteiger partial charge in [0.15, 0.2) is 0 Å². The summed E-state index contributed by atoms with van der Waals surface area (Å²) in [5.74, 6) is 0.388. The minimum Gasteiger partial charge on any atom is -0.506 e. The van der Waals surface area contributed by atoms with Crippen LogP contribution in [0.3, 0.4) is 0 Å². The molecule has 0 aliphatic heterocycles. The number of benzene rings is 1. The predicted molar refractivity (Wildman–Crippen MR) is 68.8 cm³/mol. The summed E-state index contributed by atoms with van der Waals surface area (Å²) in [7, 11) is 0. The Balaban J connectivity index is 2.82. The van der Waals surface area contributed by atoms with Gasteiger partial charge in [0.05, 0.1) is 4.70 Å². The van der Waals surface area contributed by atoms with Gasteiger partial charge in [-0.3, -0.25) is 0 Å². The number of phenols is 1. The summed E-state index contributed by atoms with van der Waals surface area (Å²) in [6.07, 6.45) is 0. The van der Waals surface area contributed by atoms with Crippen LogP contribution < -0.4 is 0 Å². The predicted octanol–water partition coefficient (Wildman–Crippen LogP) is 4.11. The van der Waals surface area contributed by atoms with Crippen molar-refractivity contribution in [1.29, 1.82) is 0 Å². The van der Waals surface area contributed by atoms with Crippen LogP contribution in [0.25, 0.3) is 10.1 Å². The van der Waals surface area contributed by atoms with E-state index in [0.29, 0.717) is 5.75 Å². The van der Waals surface area contributed by atoms with Gasteiger partial charge in [-0.15, -0.1) is 11.3 Å². The van der Waals surface area contributed by atoms with Gasteiger partial charge in [-0.1, -0.05) is 15.9 Å². The van der Waals surface area contributed by atoms with Crippen molar-refractivity contribution in [2.24, 2.45) is 0 Å². The molecule has 1 heterocycles. The number of alkyl halides is 1. The van der Waals surface area contributed by atoms with Gasteiger partial charge in [-0.25, -0.2) is 0 Å². The molecule has 0 saturated heterocycles. The zero-order valence-corrected chi connectivity index (χ0v) is 11.1. The molecule has 4 heteroatoms. The first kappa shape index (κ1) is 9.73. The van der Waals surface area contributed by atoms with Crippen LogP contribution in [-0.2, 0) is 5.33 Å². The molecule has 1 aromatic heterocycles. The Kier molecular flexibility index (Phi) is 2.80. The van der Waals surface area contributed by atoms with Crippen molar-refractivity contribution in [2.75, 3.05) is 0 Å². The molecule has 0 bridgehead atoms. The number of halogens is 2. The zero-order valence-electron chi connectivity index (χ0n) is 6.55. The second-order valence-corrected chi connectivity index (χ2v) is 5.38. The van der Waals surface area contributed by atoms with E-state index in [1.807, 2.05) is 0 Å². The largest absolute Gasteiger partial charge is 0.506 e. The first-order valence-corrected chi connectivity index (χ1v) is 6.75. The van der Waals surface area contributed by atoms with Crippen molar-refractivity contribution >= 4 is 59.9 Å². The van der Waals surface area contributed by atoms with Gasteiger partial charge in [-0.2, -0.15) is 0 Å². The molecule has 0 saturated carbocycles. The third-order valence-corrected chi connectivity index (χ3v) is 4.14. The van der Waals surface area contributed by atoms with E-state index in [1.165, 1.54) is 5.56 Å². The minimum atomic E-state index is 0.388. The van der Waals surface area contributed by atoms with Crippen molar-refractivity contribution in [3.63, 3.8) is 0 Å². The van der Waals surface area contributed by atoms with Gasteiger partial charge in [0.2, 0.25) is 0 Å². The molecule has 0 aliphatic rings. The van der Waals surface area contributed by atoms with Crippen LogP contribution in [0.4, 0.5) is 0 Å². The molecule has 1 N–H and O–H groups in total. The van der Waals surface area contributed by atoms with E-state index in [2.05, 4.69) is 50.0 Å². The lowest BCUT2D eigenvalue weighted by Gasteiger charge is -1.97. The molecule has 0 radical (unpaired) electrons. The highest BCUT2D eigenvalue weighted by molar-refractivity contribution is 14.1. The number of hydrogen-bond acceptors (Lipinski definition) is 2. The number of hydrogen-bond donors (Lipinski definition) is 1. The standard InChI is InChI=1S/C9H6BrIOS/c10-3-5-4-13-9-7(5)1-6(11)2-8(9)12/h1-2,4,12H,3H2. The number of aromatic hydroxyl groups is 1. The molecule has 1 aromatic carbocycles. The molecule has 0 unspecified atom stereocenters. The van der Waals surface area contributed by atoms with Gasteiger partial charge in [0, 0.05) is 14.3 Å². The van der Waals surface area contributed by atoms with E-state index in [0.717, 1.165) is 19.0 Å². The fourth-order valence-corrected chi connectivity index (χ4v) is 3.49. The summed E-state index contributed by atoms with van der Waals surface area (Å²) in [4.78, 5) is 0. The Hall–Kier alpha value is 0.190. The first-order chi connectivity index (χ1) is 6.22. The Labute approximate surface area is 102 Å². The van der Waals surface area contributed by atoms with Crippen LogP contribution in [0.2, 0.25) is 0 Å². The average molecular weight is 369 g/mol. The highest BCUT2D eigenvalue weighted by Gasteiger charge is 2.07. The van der Waals surface area contributed by atoms with E-state index in [4.69, 9.17) is 0 Å². The second kappa shape index (κ2) is 3.74. The molecular formula is C9H6BrIOS. The second-order valence-electron chi connectivity index (χ2n) is 2.70. The molecule has 0 atom stereocenters. The van der Waals surface area contributed by atoms with Crippen molar-refractivity contribution in [3.05, 3.63) is 26.6 Å². The Morgan fingerprint density at radius 2 is 2.23 bits per heavy atom. The molecule has 13 heavy (non-hydrogen) atoms. The maximum atomic E-state index is 9.65. The fourth-order valence-electron chi connectivity index (χ4n) is 1.24. The number of fused-ring (bicyclic) bond motifs is 1. The van der Waals surface area contributed by atoms with Crippen LogP contribution in [0, 0.1) is 3.57 Å². The molecule has 0 aliphatic carbocycles. The summed E-state index contributed by atoms with van der Waals surface area (Å²) in [6, 6.07) is 3.89. The highest BCUT2D eigenvalue weighted by atomic mass is 127. The molecule has 0 amide bonds. The van der Waals surface area contributed by atoms with Crippen LogP contribution in [0.5, 0.6) is 5.75 Å². The summed E-state index contributed by atoms with van der Waals surface area (Å²) in [6.45, 7) is 0. The molecule has 2 aromatic rings. The lowest BCUT2D eigenvalue weighted by molar-refractivity contribution is 0.482. The van der Waals surface area contributed by atoms with Gasteiger partial charge in [0.25, 0.3) is 0 Å². The number of phenolic OH excluding ortho intramolecular Hbond substituents is 1. The molecular weight excluding hydrogens is 363 g/mol. The van der Waals surface area contributed by atoms with Crippen molar-refractivity contribution < 1.29 is 5.11 Å². The topological polar surface area (TPSA) is 20.2 Å². The van der Waals surface area contributed by atoms with Gasteiger partial charge < -0.3 is 5.11 Å². The maximum absolute atomic E-state index is 9.65. The van der Waals surface area contributed by atoms with Crippen LogP contribution in [-0.4, -0.2) is 5.11 Å². The number of rotatable bonds is 1. The SMILES string of the molecule is Oc1cc(I)cc2c(CBr)csc12. The lowest BCUT2D eigenvalue weighted by atomic mass is 10.2. The normalized spacial score (nSPS) is 10.9.